The van der Waals surface area contributed by atoms with Crippen molar-refractivity contribution in [2.24, 2.45) is 0 Å². The maximum atomic E-state index is 12.5. The fourth-order valence-corrected chi connectivity index (χ4v) is 2.43. The number of aryl methyl sites for hydroxylation is 1. The Morgan fingerprint density at radius 2 is 1.91 bits per heavy atom. The third-order valence-electron chi connectivity index (χ3n) is 3.80. The van der Waals surface area contributed by atoms with Crippen LogP contribution in [0.25, 0.3) is 10.9 Å². The van der Waals surface area contributed by atoms with Crippen molar-refractivity contribution in [2.75, 3.05) is 11.9 Å². The predicted octanol–water partition coefficient (Wildman–Crippen LogP) is 2.37. The fourth-order valence-electron chi connectivity index (χ4n) is 2.43. The van der Waals surface area contributed by atoms with Gasteiger partial charge in [0.15, 0.2) is 0 Å². The van der Waals surface area contributed by atoms with Gasteiger partial charge in [0.25, 0.3) is 5.56 Å². The van der Waals surface area contributed by atoms with Crippen molar-refractivity contribution in [1.29, 1.82) is 0 Å². The molecule has 1 amide bonds. The number of carbonyl (C=O) groups is 1. The molecule has 0 saturated heterocycles. The summed E-state index contributed by atoms with van der Waals surface area (Å²) in [6.07, 6.45) is 1.43. The second-order valence-electron chi connectivity index (χ2n) is 5.49. The lowest BCUT2D eigenvalue weighted by molar-refractivity contribution is -0.118. The molecule has 0 bridgehead atoms. The van der Waals surface area contributed by atoms with E-state index in [1.165, 1.54) is 15.8 Å². The zero-order valence-corrected chi connectivity index (χ0v) is 13.1. The summed E-state index contributed by atoms with van der Waals surface area (Å²) in [4.78, 5) is 30.7. The Kier molecular flexibility index (Phi) is 3.93. The van der Waals surface area contributed by atoms with Crippen LogP contribution in [0.5, 0.6) is 0 Å². The first kappa shape index (κ1) is 15.0. The van der Waals surface area contributed by atoms with E-state index in [-0.39, 0.29) is 18.0 Å². The van der Waals surface area contributed by atoms with Gasteiger partial charge in [0.05, 0.1) is 17.2 Å². The smallest absolute Gasteiger partial charge is 0.261 e. The van der Waals surface area contributed by atoms with E-state index in [0.29, 0.717) is 10.9 Å². The Hall–Kier alpha value is -2.95. The molecule has 0 aliphatic carbocycles. The number of aromatic nitrogens is 2. The standard InChI is InChI=1S/C18H17N3O2/c1-13-8-9-16-15(10-13)18(23)21(12-19-16)11-17(22)20(2)14-6-4-3-5-7-14/h3-10,12H,11H2,1-2H3. The van der Waals surface area contributed by atoms with Crippen LogP contribution in [0.1, 0.15) is 5.56 Å². The second-order valence-corrected chi connectivity index (χ2v) is 5.49. The Bertz CT molecular complexity index is 916. The molecule has 23 heavy (non-hydrogen) atoms. The maximum Gasteiger partial charge on any atom is 0.261 e. The lowest BCUT2D eigenvalue weighted by Gasteiger charge is -2.17. The van der Waals surface area contributed by atoms with Crippen LogP contribution in [-0.4, -0.2) is 22.5 Å². The van der Waals surface area contributed by atoms with Crippen molar-refractivity contribution in [3.05, 3.63) is 70.8 Å². The van der Waals surface area contributed by atoms with E-state index in [1.807, 2.05) is 49.4 Å². The fraction of sp³-hybridized carbons (Fsp3) is 0.167. The third-order valence-corrected chi connectivity index (χ3v) is 3.80. The summed E-state index contributed by atoms with van der Waals surface area (Å²) < 4.78 is 1.35. The topological polar surface area (TPSA) is 55.2 Å². The van der Waals surface area contributed by atoms with Gasteiger partial charge >= 0.3 is 0 Å². The van der Waals surface area contributed by atoms with Gasteiger partial charge in [0.2, 0.25) is 5.91 Å². The molecular formula is C18H17N3O2. The monoisotopic (exact) mass is 307 g/mol. The first-order valence-electron chi connectivity index (χ1n) is 7.33. The summed E-state index contributed by atoms with van der Waals surface area (Å²) >= 11 is 0. The van der Waals surface area contributed by atoms with E-state index in [2.05, 4.69) is 4.98 Å². The van der Waals surface area contributed by atoms with Gasteiger partial charge in [-0.3, -0.25) is 14.2 Å². The molecule has 2 aromatic carbocycles. The summed E-state index contributed by atoms with van der Waals surface area (Å²) in [5.41, 5.74) is 2.21. The van der Waals surface area contributed by atoms with Crippen molar-refractivity contribution in [3.8, 4) is 0 Å². The molecule has 0 spiro atoms. The summed E-state index contributed by atoms with van der Waals surface area (Å²) in [5, 5.41) is 0.530. The van der Waals surface area contributed by atoms with Gasteiger partial charge in [-0.05, 0) is 31.2 Å². The number of anilines is 1. The molecule has 0 N–H and O–H groups in total. The normalized spacial score (nSPS) is 10.7. The second kappa shape index (κ2) is 6.04. The minimum Gasteiger partial charge on any atom is -0.314 e. The minimum atomic E-state index is -0.200. The summed E-state index contributed by atoms with van der Waals surface area (Å²) in [6.45, 7) is 1.88. The Labute approximate surface area is 133 Å². The molecule has 0 atom stereocenters. The van der Waals surface area contributed by atoms with Gasteiger partial charge in [-0.1, -0.05) is 29.8 Å². The van der Waals surface area contributed by atoms with Crippen LogP contribution in [0.2, 0.25) is 0 Å². The van der Waals surface area contributed by atoms with Crippen molar-refractivity contribution in [1.82, 2.24) is 9.55 Å². The number of rotatable bonds is 3. The molecule has 3 rings (SSSR count). The average Bonchev–Trinajstić information content (AvgIpc) is 2.58. The van der Waals surface area contributed by atoms with Gasteiger partial charge < -0.3 is 4.90 Å². The molecule has 0 saturated carbocycles. The molecule has 116 valence electrons. The lowest BCUT2D eigenvalue weighted by atomic mass is 10.2. The van der Waals surface area contributed by atoms with E-state index in [0.717, 1.165) is 11.3 Å². The Morgan fingerprint density at radius 1 is 1.17 bits per heavy atom. The van der Waals surface area contributed by atoms with Gasteiger partial charge in [0, 0.05) is 12.7 Å². The number of hydrogen-bond donors (Lipinski definition) is 0. The molecular weight excluding hydrogens is 290 g/mol. The lowest BCUT2D eigenvalue weighted by Crippen LogP contribution is -2.34. The van der Waals surface area contributed by atoms with Gasteiger partial charge in [-0.15, -0.1) is 0 Å². The quantitative estimate of drug-likeness (QED) is 0.746. The molecule has 0 unspecified atom stereocenters. The van der Waals surface area contributed by atoms with E-state index in [9.17, 15) is 9.59 Å². The first-order valence-corrected chi connectivity index (χ1v) is 7.33. The number of likely N-dealkylation sites (N-methyl/N-ethyl adjacent to an activating group) is 1. The minimum absolute atomic E-state index is 0.0406. The first-order chi connectivity index (χ1) is 11.1. The number of benzene rings is 2. The van der Waals surface area contributed by atoms with Crippen LogP contribution in [0.3, 0.4) is 0 Å². The Morgan fingerprint density at radius 3 is 2.65 bits per heavy atom. The van der Waals surface area contributed by atoms with Gasteiger partial charge in [-0.2, -0.15) is 0 Å². The van der Waals surface area contributed by atoms with E-state index in [1.54, 1.807) is 13.1 Å². The highest BCUT2D eigenvalue weighted by molar-refractivity contribution is 5.92. The van der Waals surface area contributed by atoms with E-state index >= 15 is 0 Å². The van der Waals surface area contributed by atoms with Crippen LogP contribution < -0.4 is 10.5 Å². The van der Waals surface area contributed by atoms with Crippen LogP contribution in [0, 0.1) is 6.92 Å². The number of hydrogen-bond acceptors (Lipinski definition) is 3. The molecule has 5 heteroatoms. The molecule has 0 aliphatic rings. The number of carbonyl (C=O) groups excluding carboxylic acids is 1. The molecule has 0 fully saturated rings. The zero-order chi connectivity index (χ0) is 16.4. The van der Waals surface area contributed by atoms with Crippen LogP contribution in [-0.2, 0) is 11.3 Å². The highest BCUT2D eigenvalue weighted by atomic mass is 16.2. The van der Waals surface area contributed by atoms with Crippen LogP contribution >= 0.6 is 0 Å². The molecule has 0 radical (unpaired) electrons. The summed E-state index contributed by atoms with van der Waals surface area (Å²) in [5.74, 6) is -0.174. The number of amides is 1. The Balaban J connectivity index is 1.91. The van der Waals surface area contributed by atoms with Crippen molar-refractivity contribution in [2.45, 2.75) is 13.5 Å². The van der Waals surface area contributed by atoms with E-state index in [4.69, 9.17) is 0 Å². The molecule has 0 aliphatic heterocycles. The van der Waals surface area contributed by atoms with Crippen molar-refractivity contribution in [3.63, 3.8) is 0 Å². The number of fused-ring (bicyclic) bond motifs is 1. The van der Waals surface area contributed by atoms with Gasteiger partial charge in [0.1, 0.15) is 6.54 Å². The predicted molar refractivity (Wildman–Crippen MR) is 90.6 cm³/mol. The van der Waals surface area contributed by atoms with Crippen molar-refractivity contribution < 1.29 is 4.79 Å². The highest BCUT2D eigenvalue weighted by Crippen LogP contribution is 2.12. The SMILES string of the molecule is Cc1ccc2ncn(CC(=O)N(C)c3ccccc3)c(=O)c2c1. The molecule has 1 aromatic heterocycles. The number of nitrogens with zero attached hydrogens (tertiary/aromatic N) is 3. The largest absolute Gasteiger partial charge is 0.314 e. The number of para-hydroxylation sites is 1. The summed E-state index contributed by atoms with van der Waals surface area (Å²) in [6, 6.07) is 14.8. The van der Waals surface area contributed by atoms with Crippen LogP contribution in [0.15, 0.2) is 59.7 Å². The maximum absolute atomic E-state index is 12.5. The molecule has 1 heterocycles. The van der Waals surface area contributed by atoms with Crippen molar-refractivity contribution >= 4 is 22.5 Å². The average molecular weight is 307 g/mol. The highest BCUT2D eigenvalue weighted by Gasteiger charge is 2.13. The van der Waals surface area contributed by atoms with Crippen LogP contribution in [0.4, 0.5) is 5.69 Å². The summed E-state index contributed by atoms with van der Waals surface area (Å²) in [7, 11) is 1.70. The third kappa shape index (κ3) is 2.99. The molecule has 3 aromatic rings. The molecule has 5 nitrogen and oxygen atoms in total. The van der Waals surface area contributed by atoms with Gasteiger partial charge in [-0.25, -0.2) is 4.98 Å². The zero-order valence-electron chi connectivity index (χ0n) is 13.1. The van der Waals surface area contributed by atoms with E-state index < -0.39 is 0 Å².